The summed E-state index contributed by atoms with van der Waals surface area (Å²) in [4.78, 5) is 12.0. The maximum Gasteiger partial charge on any atom is 0.277 e. The van der Waals surface area contributed by atoms with Crippen LogP contribution in [0.1, 0.15) is 18.7 Å². The van der Waals surface area contributed by atoms with E-state index in [0.717, 1.165) is 10.0 Å². The van der Waals surface area contributed by atoms with Gasteiger partial charge >= 0.3 is 0 Å². The van der Waals surface area contributed by atoms with Crippen LogP contribution in [0.15, 0.2) is 61.2 Å². The lowest BCUT2D eigenvalue weighted by molar-refractivity contribution is -0.119. The minimum Gasteiger partial charge on any atom is -0.467 e. The summed E-state index contributed by atoms with van der Waals surface area (Å²) in [6, 6.07) is 11.0. The summed E-state index contributed by atoms with van der Waals surface area (Å²) < 4.78 is 11.7. The molecule has 0 unspecified atom stereocenters. The Kier molecular flexibility index (Phi) is 5.37. The Bertz CT molecular complexity index is 820. The molecular weight excluding hydrogens is 394 g/mol. The highest BCUT2D eigenvalue weighted by atomic mass is 79.9. The Labute approximate surface area is 151 Å². The van der Waals surface area contributed by atoms with E-state index in [1.807, 2.05) is 37.3 Å². The molecule has 0 aliphatic carbocycles. The molecule has 0 aliphatic rings. The average Bonchev–Trinajstić information content (AvgIpc) is 3.25. The molecule has 0 bridgehead atoms. The van der Waals surface area contributed by atoms with Crippen molar-refractivity contribution in [3.05, 3.63) is 52.9 Å². The highest BCUT2D eigenvalue weighted by Crippen LogP contribution is 2.28. The summed E-state index contributed by atoms with van der Waals surface area (Å²) in [7, 11) is 0. The molecule has 124 valence electrons. The van der Waals surface area contributed by atoms with Crippen LogP contribution >= 0.6 is 27.7 Å². The number of halogens is 1. The number of thioether (sulfide) groups is 1. The number of carbonyl (C=O) groups excluding carboxylic acids is 1. The summed E-state index contributed by atoms with van der Waals surface area (Å²) in [5.74, 6) is 1.17. The molecule has 1 atom stereocenters. The molecular formula is C16H14BrN3O3S. The highest BCUT2D eigenvalue weighted by Gasteiger charge is 2.15. The fourth-order valence-electron chi connectivity index (χ4n) is 2.03. The molecule has 3 rings (SSSR count). The average molecular weight is 408 g/mol. The van der Waals surface area contributed by atoms with Crippen molar-refractivity contribution in [1.29, 1.82) is 0 Å². The van der Waals surface area contributed by atoms with E-state index in [-0.39, 0.29) is 17.7 Å². The third-order valence-corrected chi connectivity index (χ3v) is 4.69. The summed E-state index contributed by atoms with van der Waals surface area (Å²) in [5.41, 5.74) is 0.813. The normalized spacial score (nSPS) is 12.1. The van der Waals surface area contributed by atoms with E-state index in [1.54, 1.807) is 12.3 Å². The van der Waals surface area contributed by atoms with E-state index in [9.17, 15) is 4.79 Å². The van der Waals surface area contributed by atoms with E-state index in [4.69, 9.17) is 8.83 Å². The zero-order valence-corrected chi connectivity index (χ0v) is 15.1. The Hall–Kier alpha value is -2.06. The van der Waals surface area contributed by atoms with Gasteiger partial charge in [-0.3, -0.25) is 4.79 Å². The summed E-state index contributed by atoms with van der Waals surface area (Å²) in [6.45, 7) is 1.86. The molecule has 0 fully saturated rings. The first kappa shape index (κ1) is 16.8. The van der Waals surface area contributed by atoms with E-state index < -0.39 is 0 Å². The Morgan fingerprint density at radius 1 is 1.29 bits per heavy atom. The predicted molar refractivity (Wildman–Crippen MR) is 93.4 cm³/mol. The van der Waals surface area contributed by atoms with Crippen LogP contribution in [0, 0.1) is 0 Å². The number of carbonyl (C=O) groups is 1. The van der Waals surface area contributed by atoms with Crippen LogP contribution in [-0.4, -0.2) is 21.9 Å². The topological polar surface area (TPSA) is 81.2 Å². The number of hydrogen-bond donors (Lipinski definition) is 1. The van der Waals surface area contributed by atoms with Gasteiger partial charge < -0.3 is 14.2 Å². The van der Waals surface area contributed by atoms with Gasteiger partial charge in [-0.2, -0.15) is 0 Å². The highest BCUT2D eigenvalue weighted by molar-refractivity contribution is 9.10. The van der Waals surface area contributed by atoms with Crippen molar-refractivity contribution in [2.24, 2.45) is 0 Å². The fraction of sp³-hybridized carbons (Fsp3) is 0.188. The number of rotatable bonds is 6. The lowest BCUT2D eigenvalue weighted by atomic mass is 10.2. The second-order valence-corrected chi connectivity index (χ2v) is 6.73. The molecule has 6 nitrogen and oxygen atoms in total. The number of benzene rings is 1. The van der Waals surface area contributed by atoms with Crippen molar-refractivity contribution in [2.45, 2.75) is 18.2 Å². The number of nitrogens with one attached hydrogen (secondary N) is 1. The van der Waals surface area contributed by atoms with Gasteiger partial charge in [-0.15, -0.1) is 10.2 Å². The van der Waals surface area contributed by atoms with Crippen LogP contribution < -0.4 is 5.32 Å². The van der Waals surface area contributed by atoms with Crippen LogP contribution in [0.5, 0.6) is 0 Å². The quantitative estimate of drug-likeness (QED) is 0.620. The number of hydrogen-bond acceptors (Lipinski definition) is 6. The van der Waals surface area contributed by atoms with Crippen LogP contribution in [0.4, 0.5) is 0 Å². The maximum absolute atomic E-state index is 12.0. The first-order valence-corrected chi connectivity index (χ1v) is 8.95. The number of furan rings is 1. The maximum atomic E-state index is 12.0. The molecule has 2 aromatic heterocycles. The largest absolute Gasteiger partial charge is 0.467 e. The third-order valence-electron chi connectivity index (χ3n) is 3.18. The standard InChI is InChI=1S/C16H14BrN3O3S/c1-10(13-7-4-8-22-13)18-14(21)9-24-16-20-19-15(23-16)11-5-2-3-6-12(11)17/h2-8,10H,9H2,1H3,(H,18,21)/t10-/m0/s1. The Morgan fingerprint density at radius 2 is 2.12 bits per heavy atom. The first-order chi connectivity index (χ1) is 11.6. The van der Waals surface area contributed by atoms with E-state index in [1.165, 1.54) is 11.8 Å². The minimum absolute atomic E-state index is 0.135. The first-order valence-electron chi connectivity index (χ1n) is 7.17. The van der Waals surface area contributed by atoms with Crippen LogP contribution in [0.3, 0.4) is 0 Å². The molecule has 0 saturated heterocycles. The molecule has 2 heterocycles. The third kappa shape index (κ3) is 4.07. The van der Waals surface area contributed by atoms with Crippen LogP contribution in [-0.2, 0) is 4.79 Å². The smallest absolute Gasteiger partial charge is 0.277 e. The van der Waals surface area contributed by atoms with Gasteiger partial charge in [-0.1, -0.05) is 23.9 Å². The van der Waals surface area contributed by atoms with Crippen LogP contribution in [0.25, 0.3) is 11.5 Å². The molecule has 1 amide bonds. The molecule has 0 radical (unpaired) electrons. The molecule has 8 heteroatoms. The predicted octanol–water partition coefficient (Wildman–Crippen LogP) is 4.06. The lowest BCUT2D eigenvalue weighted by Gasteiger charge is -2.10. The van der Waals surface area contributed by atoms with Gasteiger partial charge in [0, 0.05) is 4.47 Å². The summed E-state index contributed by atoms with van der Waals surface area (Å²) in [6.07, 6.45) is 1.58. The minimum atomic E-state index is -0.188. The summed E-state index contributed by atoms with van der Waals surface area (Å²) in [5, 5.41) is 11.2. The second kappa shape index (κ2) is 7.67. The van der Waals surface area contributed by atoms with Gasteiger partial charge in [-0.25, -0.2) is 0 Å². The number of aromatic nitrogens is 2. The molecule has 0 saturated carbocycles. The zero-order valence-electron chi connectivity index (χ0n) is 12.7. The fourth-order valence-corrected chi connectivity index (χ4v) is 3.06. The van der Waals surface area contributed by atoms with Gasteiger partial charge in [0.1, 0.15) is 5.76 Å². The van der Waals surface area contributed by atoms with Gasteiger partial charge in [0.2, 0.25) is 11.8 Å². The van der Waals surface area contributed by atoms with Crippen molar-refractivity contribution >= 4 is 33.6 Å². The SMILES string of the molecule is C[C@H](NC(=O)CSc1nnc(-c2ccccc2Br)o1)c1ccco1. The zero-order chi connectivity index (χ0) is 16.9. The molecule has 3 aromatic rings. The Morgan fingerprint density at radius 3 is 2.88 bits per heavy atom. The second-order valence-electron chi connectivity index (χ2n) is 4.95. The monoisotopic (exact) mass is 407 g/mol. The number of nitrogens with zero attached hydrogens (tertiary/aromatic N) is 2. The van der Waals surface area contributed by atoms with E-state index in [0.29, 0.717) is 16.9 Å². The molecule has 1 N–H and O–H groups in total. The van der Waals surface area contributed by atoms with Crippen molar-refractivity contribution in [2.75, 3.05) is 5.75 Å². The Balaban J connectivity index is 1.56. The lowest BCUT2D eigenvalue weighted by Crippen LogP contribution is -2.27. The van der Waals surface area contributed by atoms with Crippen molar-refractivity contribution in [1.82, 2.24) is 15.5 Å². The van der Waals surface area contributed by atoms with Crippen molar-refractivity contribution in [3.8, 4) is 11.5 Å². The molecule has 0 aliphatic heterocycles. The molecule has 0 spiro atoms. The molecule has 1 aromatic carbocycles. The number of amides is 1. The van der Waals surface area contributed by atoms with Gasteiger partial charge in [0.05, 0.1) is 23.6 Å². The summed E-state index contributed by atoms with van der Waals surface area (Å²) >= 11 is 4.63. The van der Waals surface area contributed by atoms with Crippen LogP contribution in [0.2, 0.25) is 0 Å². The van der Waals surface area contributed by atoms with E-state index >= 15 is 0 Å². The van der Waals surface area contributed by atoms with Gasteiger partial charge in [-0.05, 0) is 47.1 Å². The van der Waals surface area contributed by atoms with E-state index in [2.05, 4.69) is 31.4 Å². The molecule has 24 heavy (non-hydrogen) atoms. The van der Waals surface area contributed by atoms with Crippen molar-refractivity contribution < 1.29 is 13.6 Å². The van der Waals surface area contributed by atoms with Crippen molar-refractivity contribution in [3.63, 3.8) is 0 Å². The van der Waals surface area contributed by atoms with Gasteiger partial charge in [0.25, 0.3) is 5.22 Å². The van der Waals surface area contributed by atoms with Gasteiger partial charge in [0.15, 0.2) is 0 Å².